The molecule has 6 nitrogen and oxygen atoms in total. The van der Waals surface area contributed by atoms with Gasteiger partial charge < -0.3 is 10.3 Å². The first-order chi connectivity index (χ1) is 15.0. The molecule has 0 spiro atoms. The summed E-state index contributed by atoms with van der Waals surface area (Å²) in [7, 11) is -3.60. The van der Waals surface area contributed by atoms with E-state index in [2.05, 4.69) is 21.1 Å². The number of benzene rings is 2. The molecule has 0 unspecified atom stereocenters. The number of nitrogens with one attached hydrogen (secondary N) is 3. The molecule has 160 valence electrons. The van der Waals surface area contributed by atoms with Gasteiger partial charge in [0.25, 0.3) is 5.91 Å². The molecule has 3 N–H and O–H groups in total. The molecule has 0 aliphatic rings. The molecule has 0 atom stereocenters. The molecule has 0 saturated carbocycles. The summed E-state index contributed by atoms with van der Waals surface area (Å²) in [6.45, 7) is 0.823. The summed E-state index contributed by atoms with van der Waals surface area (Å²) in [6, 6.07) is 18.0. The van der Waals surface area contributed by atoms with Gasteiger partial charge in [-0.15, -0.1) is 11.3 Å². The van der Waals surface area contributed by atoms with Gasteiger partial charge in [0.05, 0.1) is 4.90 Å². The van der Waals surface area contributed by atoms with Crippen LogP contribution in [0.1, 0.15) is 20.8 Å². The average Bonchev–Trinajstić information content (AvgIpc) is 3.44. The molecule has 4 aromatic rings. The fourth-order valence-corrected chi connectivity index (χ4v) is 5.12. The standard InChI is InChI=1S/C23H23N3O3S2/c27-23(24-13-11-18-16-25-22-6-2-1-5-21(18)22)17-7-9-20(10-8-17)31(28,29)26-14-12-19-4-3-15-30-19/h1-10,15-16,25-26H,11-14H2,(H,24,27). The Morgan fingerprint density at radius 2 is 1.74 bits per heavy atom. The van der Waals surface area contributed by atoms with Crippen LogP contribution < -0.4 is 10.0 Å². The van der Waals surface area contributed by atoms with Crippen LogP contribution in [0.25, 0.3) is 10.9 Å². The van der Waals surface area contributed by atoms with Gasteiger partial charge in [-0.2, -0.15) is 0 Å². The van der Waals surface area contributed by atoms with Gasteiger partial charge in [0, 0.05) is 40.6 Å². The Hall–Kier alpha value is -2.94. The van der Waals surface area contributed by atoms with Crippen LogP contribution in [0.4, 0.5) is 0 Å². The summed E-state index contributed by atoms with van der Waals surface area (Å²) >= 11 is 1.60. The third-order valence-corrected chi connectivity index (χ3v) is 7.44. The van der Waals surface area contributed by atoms with Crippen LogP contribution >= 0.6 is 11.3 Å². The molecule has 31 heavy (non-hydrogen) atoms. The minimum absolute atomic E-state index is 0.147. The van der Waals surface area contributed by atoms with Gasteiger partial charge in [-0.3, -0.25) is 4.79 Å². The van der Waals surface area contributed by atoms with E-state index >= 15 is 0 Å². The van der Waals surface area contributed by atoms with Crippen molar-refractivity contribution in [1.82, 2.24) is 15.0 Å². The van der Waals surface area contributed by atoms with E-state index in [1.807, 2.05) is 41.9 Å². The summed E-state index contributed by atoms with van der Waals surface area (Å²) in [5.74, 6) is -0.227. The van der Waals surface area contributed by atoms with Gasteiger partial charge in [0.1, 0.15) is 0 Å². The Morgan fingerprint density at radius 1 is 0.935 bits per heavy atom. The second-order valence-corrected chi connectivity index (χ2v) is 9.92. The van der Waals surface area contributed by atoms with Crippen molar-refractivity contribution >= 4 is 38.2 Å². The number of para-hydroxylation sites is 1. The van der Waals surface area contributed by atoms with E-state index in [1.54, 1.807) is 11.3 Å². The van der Waals surface area contributed by atoms with Gasteiger partial charge >= 0.3 is 0 Å². The average molecular weight is 454 g/mol. The highest BCUT2D eigenvalue weighted by molar-refractivity contribution is 7.89. The lowest BCUT2D eigenvalue weighted by Gasteiger charge is -2.08. The highest BCUT2D eigenvalue weighted by Gasteiger charge is 2.15. The molecule has 0 radical (unpaired) electrons. The number of H-pyrrole nitrogens is 1. The summed E-state index contributed by atoms with van der Waals surface area (Å²) in [4.78, 5) is 16.9. The molecule has 4 rings (SSSR count). The molecule has 0 aliphatic heterocycles. The lowest BCUT2D eigenvalue weighted by atomic mass is 10.1. The van der Waals surface area contributed by atoms with Crippen LogP contribution in [0.15, 0.2) is 77.1 Å². The predicted octanol–water partition coefficient (Wildman–Crippen LogP) is 3.72. The first-order valence-corrected chi connectivity index (χ1v) is 12.3. The van der Waals surface area contributed by atoms with E-state index in [1.165, 1.54) is 24.3 Å². The SMILES string of the molecule is O=C(NCCc1c[nH]c2ccccc12)c1ccc(S(=O)(=O)NCCc2cccs2)cc1. The number of aromatic amines is 1. The Balaban J connectivity index is 1.30. The number of fused-ring (bicyclic) bond motifs is 1. The monoisotopic (exact) mass is 453 g/mol. The topological polar surface area (TPSA) is 91.1 Å². The van der Waals surface area contributed by atoms with Crippen LogP contribution in [0.3, 0.4) is 0 Å². The number of carbonyl (C=O) groups is 1. The Bertz CT molecular complexity index is 1260. The normalized spacial score (nSPS) is 11.6. The van der Waals surface area contributed by atoms with E-state index < -0.39 is 10.0 Å². The zero-order chi connectivity index (χ0) is 21.7. The maximum Gasteiger partial charge on any atom is 0.251 e. The van der Waals surface area contributed by atoms with E-state index in [0.29, 0.717) is 31.5 Å². The van der Waals surface area contributed by atoms with Gasteiger partial charge in [-0.05, 0) is 60.2 Å². The molecular weight excluding hydrogens is 430 g/mol. The van der Waals surface area contributed by atoms with Crippen molar-refractivity contribution in [3.63, 3.8) is 0 Å². The largest absolute Gasteiger partial charge is 0.361 e. The third-order valence-electron chi connectivity index (χ3n) is 5.03. The zero-order valence-electron chi connectivity index (χ0n) is 16.8. The van der Waals surface area contributed by atoms with Crippen molar-refractivity contribution in [3.8, 4) is 0 Å². The van der Waals surface area contributed by atoms with Gasteiger partial charge in [0.2, 0.25) is 10.0 Å². The lowest BCUT2D eigenvalue weighted by molar-refractivity contribution is 0.0954. The number of sulfonamides is 1. The number of aromatic nitrogens is 1. The minimum Gasteiger partial charge on any atom is -0.361 e. The maximum atomic E-state index is 12.4. The number of hydrogen-bond donors (Lipinski definition) is 3. The van der Waals surface area contributed by atoms with Gasteiger partial charge in [0.15, 0.2) is 0 Å². The van der Waals surface area contributed by atoms with Crippen molar-refractivity contribution in [1.29, 1.82) is 0 Å². The molecule has 0 aliphatic carbocycles. The highest BCUT2D eigenvalue weighted by Crippen LogP contribution is 2.18. The number of thiophene rings is 1. The summed E-state index contributed by atoms with van der Waals surface area (Å²) in [5, 5.41) is 6.01. The van der Waals surface area contributed by atoms with Crippen LogP contribution in [0.2, 0.25) is 0 Å². The number of carbonyl (C=O) groups excluding carboxylic acids is 1. The summed E-state index contributed by atoms with van der Waals surface area (Å²) in [6.07, 6.45) is 3.31. The molecule has 0 saturated heterocycles. The Morgan fingerprint density at radius 3 is 2.52 bits per heavy atom. The van der Waals surface area contributed by atoms with Crippen LogP contribution in [0, 0.1) is 0 Å². The molecule has 8 heteroatoms. The van der Waals surface area contributed by atoms with Crippen LogP contribution in [-0.4, -0.2) is 32.4 Å². The quantitative estimate of drug-likeness (QED) is 0.361. The molecule has 2 heterocycles. The van der Waals surface area contributed by atoms with Crippen molar-refractivity contribution in [3.05, 3.63) is 88.2 Å². The molecule has 1 amide bonds. The van der Waals surface area contributed by atoms with E-state index in [9.17, 15) is 13.2 Å². The van der Waals surface area contributed by atoms with Gasteiger partial charge in [-0.1, -0.05) is 24.3 Å². The van der Waals surface area contributed by atoms with Crippen LogP contribution in [0.5, 0.6) is 0 Å². The summed E-state index contributed by atoms with van der Waals surface area (Å²) < 4.78 is 27.5. The van der Waals surface area contributed by atoms with Crippen LogP contribution in [-0.2, 0) is 22.9 Å². The highest BCUT2D eigenvalue weighted by atomic mass is 32.2. The Labute approximate surface area is 185 Å². The lowest BCUT2D eigenvalue weighted by Crippen LogP contribution is -2.27. The molecular formula is C23H23N3O3S2. The van der Waals surface area contributed by atoms with Gasteiger partial charge in [-0.25, -0.2) is 13.1 Å². The molecule has 2 aromatic carbocycles. The van der Waals surface area contributed by atoms with E-state index in [-0.39, 0.29) is 10.8 Å². The molecule has 0 fully saturated rings. The van der Waals surface area contributed by atoms with Crippen molar-refractivity contribution in [2.45, 2.75) is 17.7 Å². The fourth-order valence-electron chi connectivity index (χ4n) is 3.38. The first-order valence-electron chi connectivity index (χ1n) is 9.98. The Kier molecular flexibility index (Phi) is 6.50. The number of rotatable bonds is 9. The molecule has 2 aromatic heterocycles. The van der Waals surface area contributed by atoms with Crippen molar-refractivity contribution in [2.75, 3.05) is 13.1 Å². The summed E-state index contributed by atoms with van der Waals surface area (Å²) in [5.41, 5.74) is 2.65. The predicted molar refractivity (Wildman–Crippen MR) is 124 cm³/mol. The zero-order valence-corrected chi connectivity index (χ0v) is 18.4. The third kappa shape index (κ3) is 5.22. The van der Waals surface area contributed by atoms with Crippen molar-refractivity contribution in [2.24, 2.45) is 0 Å². The second-order valence-electron chi connectivity index (χ2n) is 7.12. The molecule has 0 bridgehead atoms. The number of hydrogen-bond acceptors (Lipinski definition) is 4. The fraction of sp³-hybridized carbons (Fsp3) is 0.174. The van der Waals surface area contributed by atoms with Crippen molar-refractivity contribution < 1.29 is 13.2 Å². The minimum atomic E-state index is -3.60. The second kappa shape index (κ2) is 9.47. The number of amides is 1. The first kappa shape index (κ1) is 21.3. The van der Waals surface area contributed by atoms with E-state index in [0.717, 1.165) is 21.3 Å². The van der Waals surface area contributed by atoms with E-state index in [4.69, 9.17) is 0 Å². The maximum absolute atomic E-state index is 12.4. The smallest absolute Gasteiger partial charge is 0.251 e.